The van der Waals surface area contributed by atoms with Crippen LogP contribution in [0.5, 0.6) is 5.75 Å². The van der Waals surface area contributed by atoms with Gasteiger partial charge in [-0.15, -0.1) is 0 Å². The van der Waals surface area contributed by atoms with Crippen molar-refractivity contribution in [2.75, 3.05) is 14.2 Å². The Kier molecular flexibility index (Phi) is 5.43. The van der Waals surface area contributed by atoms with Crippen molar-refractivity contribution >= 4 is 6.03 Å². The minimum Gasteiger partial charge on any atom is -0.494 e. The van der Waals surface area contributed by atoms with Crippen LogP contribution >= 0.6 is 0 Å². The normalized spacial score (nSPS) is 11.9. The monoisotopic (exact) mass is 335 g/mol. The van der Waals surface area contributed by atoms with Gasteiger partial charge in [0.1, 0.15) is 5.76 Å². The molecule has 0 fully saturated rings. The summed E-state index contributed by atoms with van der Waals surface area (Å²) >= 11 is 0. The summed E-state index contributed by atoms with van der Waals surface area (Å²) in [5.41, 5.74) is 2.31. The minimum absolute atomic E-state index is 0.174. The zero-order valence-corrected chi connectivity index (χ0v) is 14.5. The van der Waals surface area contributed by atoms with Gasteiger partial charge in [-0.25, -0.2) is 9.18 Å². The smallest absolute Gasteiger partial charge is 0.317 e. The maximum Gasteiger partial charge on any atom is 0.317 e. The molecule has 0 aliphatic rings. The summed E-state index contributed by atoms with van der Waals surface area (Å²) in [4.78, 5) is 13.9. The fourth-order valence-electron chi connectivity index (χ4n) is 2.37. The van der Waals surface area contributed by atoms with Gasteiger partial charge in [-0.1, -0.05) is 11.2 Å². The highest BCUT2D eigenvalue weighted by atomic mass is 19.1. The molecular formula is C17H22FN3O3. The SMILES string of the molecule is COc1ccc([C@@H](C)NC(=O)N(C)Cc2c(C)noc2C)cc1F. The molecule has 24 heavy (non-hydrogen) atoms. The number of ether oxygens (including phenoxy) is 1. The van der Waals surface area contributed by atoms with Gasteiger partial charge in [0.2, 0.25) is 0 Å². The highest BCUT2D eigenvalue weighted by Crippen LogP contribution is 2.22. The van der Waals surface area contributed by atoms with Gasteiger partial charge in [-0.2, -0.15) is 0 Å². The molecule has 1 N–H and O–H groups in total. The van der Waals surface area contributed by atoms with E-state index in [9.17, 15) is 9.18 Å². The van der Waals surface area contributed by atoms with Crippen molar-refractivity contribution in [1.29, 1.82) is 0 Å². The molecule has 1 atom stereocenters. The fourth-order valence-corrected chi connectivity index (χ4v) is 2.37. The molecule has 0 aliphatic heterocycles. The van der Waals surface area contributed by atoms with Crippen LogP contribution in [-0.2, 0) is 6.54 Å². The summed E-state index contributed by atoms with van der Waals surface area (Å²) in [5, 5.41) is 6.72. The molecule has 6 nitrogen and oxygen atoms in total. The Morgan fingerprint density at radius 2 is 2.17 bits per heavy atom. The van der Waals surface area contributed by atoms with Crippen molar-refractivity contribution in [3.63, 3.8) is 0 Å². The molecule has 130 valence electrons. The van der Waals surface area contributed by atoms with Gasteiger partial charge >= 0.3 is 6.03 Å². The Balaban J connectivity index is 2.01. The number of urea groups is 1. The Hall–Kier alpha value is -2.57. The maximum absolute atomic E-state index is 13.8. The molecule has 2 rings (SSSR count). The van der Waals surface area contributed by atoms with E-state index in [1.54, 1.807) is 26.1 Å². The average molecular weight is 335 g/mol. The minimum atomic E-state index is -0.458. The molecule has 1 aromatic carbocycles. The first-order chi connectivity index (χ1) is 11.3. The first-order valence-corrected chi connectivity index (χ1v) is 7.60. The van der Waals surface area contributed by atoms with Crippen molar-refractivity contribution in [3.05, 3.63) is 46.6 Å². The lowest BCUT2D eigenvalue weighted by atomic mass is 10.1. The fraction of sp³-hybridized carbons (Fsp3) is 0.412. The molecule has 7 heteroatoms. The number of methoxy groups -OCH3 is 1. The van der Waals surface area contributed by atoms with Gasteiger partial charge in [0.15, 0.2) is 11.6 Å². The van der Waals surface area contributed by atoms with Crippen LogP contribution in [0.25, 0.3) is 0 Å². The summed E-state index contributed by atoms with van der Waals surface area (Å²) in [7, 11) is 3.09. The van der Waals surface area contributed by atoms with E-state index < -0.39 is 5.82 Å². The van der Waals surface area contributed by atoms with Gasteiger partial charge in [0.25, 0.3) is 0 Å². The Labute approximate surface area is 140 Å². The molecule has 2 aromatic rings. The third kappa shape index (κ3) is 3.84. The molecular weight excluding hydrogens is 313 g/mol. The molecule has 1 heterocycles. The van der Waals surface area contributed by atoms with Crippen molar-refractivity contribution in [1.82, 2.24) is 15.4 Å². The Morgan fingerprint density at radius 1 is 1.46 bits per heavy atom. The zero-order valence-electron chi connectivity index (χ0n) is 14.5. The first kappa shape index (κ1) is 17.8. The lowest BCUT2D eigenvalue weighted by molar-refractivity contribution is 0.203. The van der Waals surface area contributed by atoms with Gasteiger partial charge in [0, 0.05) is 12.6 Å². The number of nitrogens with one attached hydrogen (secondary N) is 1. The quantitative estimate of drug-likeness (QED) is 0.910. The lowest BCUT2D eigenvalue weighted by Gasteiger charge is -2.21. The number of hydrogen-bond acceptors (Lipinski definition) is 4. The molecule has 0 unspecified atom stereocenters. The second-order valence-electron chi connectivity index (χ2n) is 5.72. The molecule has 0 spiro atoms. The predicted molar refractivity (Wildman–Crippen MR) is 87.3 cm³/mol. The summed E-state index contributed by atoms with van der Waals surface area (Å²) in [6.07, 6.45) is 0. The summed E-state index contributed by atoms with van der Waals surface area (Å²) in [6.45, 7) is 5.82. The Bertz CT molecular complexity index is 710. The molecule has 0 aliphatic carbocycles. The van der Waals surface area contributed by atoms with Crippen molar-refractivity contribution < 1.29 is 18.4 Å². The topological polar surface area (TPSA) is 67.6 Å². The Morgan fingerprint density at radius 3 is 2.71 bits per heavy atom. The van der Waals surface area contributed by atoms with Crippen LogP contribution in [0, 0.1) is 19.7 Å². The zero-order chi connectivity index (χ0) is 17.9. The van der Waals surface area contributed by atoms with Crippen LogP contribution in [0.4, 0.5) is 9.18 Å². The van der Waals surface area contributed by atoms with E-state index in [4.69, 9.17) is 9.26 Å². The lowest BCUT2D eigenvalue weighted by Crippen LogP contribution is -2.38. The number of halogens is 1. The number of carbonyl (C=O) groups excluding carboxylic acids is 1. The predicted octanol–water partition coefficient (Wildman–Crippen LogP) is 3.34. The van der Waals surface area contributed by atoms with E-state index in [0.29, 0.717) is 17.9 Å². The summed E-state index contributed by atoms with van der Waals surface area (Å²) < 4.78 is 23.8. The van der Waals surface area contributed by atoms with Crippen LogP contribution in [0.3, 0.4) is 0 Å². The van der Waals surface area contributed by atoms with Crippen molar-refractivity contribution in [2.45, 2.75) is 33.4 Å². The van der Waals surface area contributed by atoms with E-state index in [0.717, 1.165) is 11.3 Å². The summed E-state index contributed by atoms with van der Waals surface area (Å²) in [6, 6.07) is 4.02. The van der Waals surface area contributed by atoms with Crippen LogP contribution in [0.2, 0.25) is 0 Å². The van der Waals surface area contributed by atoms with Crippen LogP contribution in [0.1, 0.15) is 35.5 Å². The highest BCUT2D eigenvalue weighted by molar-refractivity contribution is 5.74. The number of aromatic nitrogens is 1. The number of hydrogen-bond donors (Lipinski definition) is 1. The summed E-state index contributed by atoms with van der Waals surface area (Å²) in [5.74, 6) is 0.408. The van der Waals surface area contributed by atoms with Gasteiger partial charge in [-0.3, -0.25) is 0 Å². The van der Waals surface area contributed by atoms with E-state index in [1.165, 1.54) is 18.1 Å². The molecule has 0 saturated heterocycles. The molecule has 0 saturated carbocycles. The number of nitrogens with zero attached hydrogens (tertiary/aromatic N) is 2. The van der Waals surface area contributed by atoms with E-state index in [2.05, 4.69) is 10.5 Å². The van der Waals surface area contributed by atoms with E-state index in [-0.39, 0.29) is 17.8 Å². The molecule has 0 radical (unpaired) electrons. The number of benzene rings is 1. The molecule has 1 aromatic heterocycles. The van der Waals surface area contributed by atoms with Crippen LogP contribution in [-0.4, -0.2) is 30.2 Å². The largest absolute Gasteiger partial charge is 0.494 e. The highest BCUT2D eigenvalue weighted by Gasteiger charge is 2.18. The van der Waals surface area contributed by atoms with E-state index >= 15 is 0 Å². The van der Waals surface area contributed by atoms with Crippen molar-refractivity contribution in [3.8, 4) is 5.75 Å². The average Bonchev–Trinajstić information content (AvgIpc) is 2.86. The molecule has 0 bridgehead atoms. The second kappa shape index (κ2) is 7.33. The number of carbonyl (C=O) groups is 1. The number of rotatable bonds is 5. The van der Waals surface area contributed by atoms with Crippen LogP contribution < -0.4 is 10.1 Å². The number of aryl methyl sites for hydroxylation is 2. The standard InChI is InChI=1S/C17H22FN3O3/c1-10(13-6-7-16(23-5)15(18)8-13)19-17(22)21(4)9-14-11(2)20-24-12(14)3/h6-8,10H,9H2,1-5H3,(H,19,22)/t10-/m1/s1. The van der Waals surface area contributed by atoms with E-state index in [1.807, 2.05) is 13.8 Å². The molecule has 2 amide bonds. The van der Waals surface area contributed by atoms with Gasteiger partial charge in [-0.05, 0) is 38.5 Å². The van der Waals surface area contributed by atoms with Gasteiger partial charge in [0.05, 0.1) is 25.4 Å². The maximum atomic E-state index is 13.8. The van der Waals surface area contributed by atoms with Crippen LogP contribution in [0.15, 0.2) is 22.7 Å². The first-order valence-electron chi connectivity index (χ1n) is 7.60. The number of amides is 2. The third-order valence-corrected chi connectivity index (χ3v) is 3.94. The third-order valence-electron chi connectivity index (χ3n) is 3.94. The van der Waals surface area contributed by atoms with Gasteiger partial charge < -0.3 is 19.5 Å². The van der Waals surface area contributed by atoms with Crippen molar-refractivity contribution in [2.24, 2.45) is 0 Å². The second-order valence-corrected chi connectivity index (χ2v) is 5.72.